The van der Waals surface area contributed by atoms with Gasteiger partial charge in [0, 0.05) is 11.1 Å². The summed E-state index contributed by atoms with van der Waals surface area (Å²) in [6.07, 6.45) is 3.86. The first-order valence-electron chi connectivity index (χ1n) is 6.21. The fourth-order valence-electron chi connectivity index (χ4n) is 2.14. The van der Waals surface area contributed by atoms with E-state index in [0.717, 1.165) is 0 Å². The third kappa shape index (κ3) is 10.2. The van der Waals surface area contributed by atoms with Gasteiger partial charge in [0.1, 0.15) is 0 Å². The van der Waals surface area contributed by atoms with E-state index in [1.165, 1.54) is 19.3 Å². The largest absolute Gasteiger partial charge is 0.307 e. The van der Waals surface area contributed by atoms with Crippen molar-refractivity contribution in [1.29, 1.82) is 0 Å². The van der Waals surface area contributed by atoms with Gasteiger partial charge >= 0.3 is 0 Å². The van der Waals surface area contributed by atoms with E-state index >= 15 is 0 Å². The van der Waals surface area contributed by atoms with Crippen LogP contribution in [-0.4, -0.2) is 11.1 Å². The van der Waals surface area contributed by atoms with Crippen molar-refractivity contribution in [3.05, 3.63) is 0 Å². The summed E-state index contributed by atoms with van der Waals surface area (Å²) in [5.74, 6) is 0. The predicted octanol–water partition coefficient (Wildman–Crippen LogP) is 4.37. The second kappa shape index (κ2) is 4.86. The van der Waals surface area contributed by atoms with Crippen molar-refractivity contribution in [3.63, 3.8) is 0 Å². The maximum absolute atomic E-state index is 3.68. The predicted molar refractivity (Wildman–Crippen MR) is 70.3 cm³/mol. The molecule has 0 aliphatic rings. The van der Waals surface area contributed by atoms with Crippen LogP contribution >= 0.6 is 0 Å². The molecule has 0 saturated heterocycles. The van der Waals surface area contributed by atoms with Gasteiger partial charge in [-0.05, 0) is 52.9 Å². The Kier molecular flexibility index (Phi) is 4.85. The molecular formula is C14H31N. The summed E-state index contributed by atoms with van der Waals surface area (Å²) in [5.41, 5.74) is 0.937. The lowest BCUT2D eigenvalue weighted by Gasteiger charge is -2.35. The molecule has 0 amide bonds. The minimum atomic E-state index is 0.214. The lowest BCUT2D eigenvalue weighted by Crippen LogP contribution is -2.50. The van der Waals surface area contributed by atoms with Gasteiger partial charge in [-0.3, -0.25) is 0 Å². The van der Waals surface area contributed by atoms with Crippen molar-refractivity contribution in [3.8, 4) is 0 Å². The molecule has 0 spiro atoms. The Labute approximate surface area is 97.0 Å². The highest BCUT2D eigenvalue weighted by molar-refractivity contribution is 4.85. The number of rotatable bonds is 4. The highest BCUT2D eigenvalue weighted by Gasteiger charge is 2.24. The van der Waals surface area contributed by atoms with Crippen LogP contribution < -0.4 is 5.32 Å². The van der Waals surface area contributed by atoms with E-state index in [1.54, 1.807) is 0 Å². The number of hydrogen-bond donors (Lipinski definition) is 1. The van der Waals surface area contributed by atoms with Crippen LogP contribution in [0.5, 0.6) is 0 Å². The molecule has 1 heteroatoms. The molecule has 0 bridgehead atoms. The second-order valence-electron chi connectivity index (χ2n) is 7.67. The van der Waals surface area contributed by atoms with Gasteiger partial charge in [0.25, 0.3) is 0 Å². The van der Waals surface area contributed by atoms with Gasteiger partial charge in [-0.1, -0.05) is 27.2 Å². The van der Waals surface area contributed by atoms with Crippen LogP contribution in [-0.2, 0) is 0 Å². The lowest BCUT2D eigenvalue weighted by atomic mass is 9.86. The Morgan fingerprint density at radius 1 is 0.733 bits per heavy atom. The fourth-order valence-corrected chi connectivity index (χ4v) is 2.14. The molecule has 0 aliphatic carbocycles. The monoisotopic (exact) mass is 213 g/mol. The van der Waals surface area contributed by atoms with E-state index in [1.807, 2.05) is 0 Å². The number of hydrogen-bond acceptors (Lipinski definition) is 1. The van der Waals surface area contributed by atoms with Crippen LogP contribution in [0.15, 0.2) is 0 Å². The van der Waals surface area contributed by atoms with Gasteiger partial charge in [-0.2, -0.15) is 0 Å². The van der Waals surface area contributed by atoms with Crippen molar-refractivity contribution < 1.29 is 0 Å². The summed E-state index contributed by atoms with van der Waals surface area (Å²) < 4.78 is 0. The third-order valence-corrected chi connectivity index (χ3v) is 2.44. The molecule has 1 nitrogen and oxygen atoms in total. The fraction of sp³-hybridized carbons (Fsp3) is 1.00. The SMILES string of the molecule is CC(C)(C)CCCC(C)(C)NC(C)(C)C. The van der Waals surface area contributed by atoms with Crippen molar-refractivity contribution in [2.24, 2.45) is 5.41 Å². The van der Waals surface area contributed by atoms with Crippen LogP contribution in [0.4, 0.5) is 0 Å². The summed E-state index contributed by atoms with van der Waals surface area (Å²) >= 11 is 0. The van der Waals surface area contributed by atoms with Gasteiger partial charge in [-0.15, -0.1) is 0 Å². The van der Waals surface area contributed by atoms with Crippen molar-refractivity contribution in [2.75, 3.05) is 0 Å². The quantitative estimate of drug-likeness (QED) is 0.731. The maximum Gasteiger partial charge on any atom is 0.0130 e. The highest BCUT2D eigenvalue weighted by atomic mass is 15.0. The van der Waals surface area contributed by atoms with E-state index in [4.69, 9.17) is 0 Å². The second-order valence-corrected chi connectivity index (χ2v) is 7.67. The number of nitrogens with one attached hydrogen (secondary N) is 1. The molecule has 0 saturated carbocycles. The summed E-state index contributed by atoms with van der Waals surface area (Å²) in [7, 11) is 0. The maximum atomic E-state index is 3.68. The van der Waals surface area contributed by atoms with Crippen LogP contribution in [0.3, 0.4) is 0 Å². The Bertz CT molecular complexity index is 178. The molecule has 0 radical (unpaired) electrons. The van der Waals surface area contributed by atoms with E-state index in [0.29, 0.717) is 5.41 Å². The Hall–Kier alpha value is -0.0400. The van der Waals surface area contributed by atoms with Crippen molar-refractivity contribution in [2.45, 2.75) is 85.7 Å². The molecule has 92 valence electrons. The first kappa shape index (κ1) is 15.0. The molecular weight excluding hydrogens is 182 g/mol. The van der Waals surface area contributed by atoms with Gasteiger partial charge in [-0.25, -0.2) is 0 Å². The molecule has 0 atom stereocenters. The molecule has 0 heterocycles. The van der Waals surface area contributed by atoms with Crippen LogP contribution in [0, 0.1) is 5.41 Å². The molecule has 15 heavy (non-hydrogen) atoms. The van der Waals surface area contributed by atoms with Crippen molar-refractivity contribution >= 4 is 0 Å². The normalized spacial score (nSPS) is 14.4. The van der Waals surface area contributed by atoms with Crippen LogP contribution in [0.1, 0.15) is 74.7 Å². The average molecular weight is 213 g/mol. The standard InChI is InChI=1S/C14H31N/c1-12(2,3)10-9-11-14(7,8)15-13(4,5)6/h15H,9-11H2,1-8H3. The molecule has 0 aromatic carbocycles. The van der Waals surface area contributed by atoms with Gasteiger partial charge in [0.05, 0.1) is 0 Å². The van der Waals surface area contributed by atoms with E-state index in [-0.39, 0.29) is 11.1 Å². The van der Waals surface area contributed by atoms with Crippen LogP contribution in [0.25, 0.3) is 0 Å². The minimum Gasteiger partial charge on any atom is -0.307 e. The van der Waals surface area contributed by atoms with Gasteiger partial charge in [0.15, 0.2) is 0 Å². The van der Waals surface area contributed by atoms with Crippen LogP contribution in [0.2, 0.25) is 0 Å². The summed E-state index contributed by atoms with van der Waals surface area (Å²) in [4.78, 5) is 0. The zero-order chi connectivity index (χ0) is 12.3. The average Bonchev–Trinajstić information content (AvgIpc) is 1.75. The first-order chi connectivity index (χ1) is 6.41. The summed E-state index contributed by atoms with van der Waals surface area (Å²) in [5, 5.41) is 3.68. The molecule has 0 rings (SSSR count). The van der Waals surface area contributed by atoms with E-state index in [9.17, 15) is 0 Å². The summed E-state index contributed by atoms with van der Waals surface area (Å²) in [6.45, 7) is 18.3. The zero-order valence-electron chi connectivity index (χ0n) is 12.1. The molecule has 0 aliphatic heterocycles. The molecule has 0 aromatic rings. The molecule has 0 fully saturated rings. The minimum absolute atomic E-state index is 0.214. The Morgan fingerprint density at radius 2 is 1.20 bits per heavy atom. The molecule has 0 unspecified atom stereocenters. The highest BCUT2D eigenvalue weighted by Crippen LogP contribution is 2.25. The molecule has 1 N–H and O–H groups in total. The third-order valence-electron chi connectivity index (χ3n) is 2.44. The Balaban J connectivity index is 3.95. The van der Waals surface area contributed by atoms with Crippen molar-refractivity contribution in [1.82, 2.24) is 5.32 Å². The van der Waals surface area contributed by atoms with E-state index < -0.39 is 0 Å². The van der Waals surface area contributed by atoms with E-state index in [2.05, 4.69) is 60.7 Å². The Morgan fingerprint density at radius 3 is 1.53 bits per heavy atom. The lowest BCUT2D eigenvalue weighted by molar-refractivity contribution is 0.247. The van der Waals surface area contributed by atoms with Gasteiger partial charge in [0.2, 0.25) is 0 Å². The summed E-state index contributed by atoms with van der Waals surface area (Å²) in [6, 6.07) is 0. The van der Waals surface area contributed by atoms with Gasteiger partial charge < -0.3 is 5.32 Å². The first-order valence-corrected chi connectivity index (χ1v) is 6.21. The topological polar surface area (TPSA) is 12.0 Å². The zero-order valence-corrected chi connectivity index (χ0v) is 12.1. The smallest absolute Gasteiger partial charge is 0.0130 e. The molecule has 0 aromatic heterocycles.